The minimum absolute atomic E-state index is 0.123. The fraction of sp³-hybridized carbons (Fsp3) is 0.615. The zero-order valence-corrected chi connectivity index (χ0v) is 11.6. The number of methoxy groups -OCH3 is 1. The summed E-state index contributed by atoms with van der Waals surface area (Å²) in [6.07, 6.45) is 1.51. The molecule has 0 aromatic carbocycles. The van der Waals surface area contributed by atoms with E-state index in [1.165, 1.54) is 18.1 Å². The maximum atomic E-state index is 12.4. The van der Waals surface area contributed by atoms with Crippen LogP contribution in [-0.2, 0) is 16.1 Å². The first-order chi connectivity index (χ1) is 9.55. The van der Waals surface area contributed by atoms with Crippen molar-refractivity contribution in [2.24, 2.45) is 0 Å². The summed E-state index contributed by atoms with van der Waals surface area (Å²) in [7, 11) is 1.51. The van der Waals surface area contributed by atoms with E-state index in [1.54, 1.807) is 6.92 Å². The highest BCUT2D eigenvalue weighted by atomic mass is 16.5. The van der Waals surface area contributed by atoms with Gasteiger partial charge in [-0.15, -0.1) is 0 Å². The van der Waals surface area contributed by atoms with Crippen LogP contribution in [0.3, 0.4) is 0 Å². The fourth-order valence-electron chi connectivity index (χ4n) is 2.68. The summed E-state index contributed by atoms with van der Waals surface area (Å²) in [5, 5.41) is 13.2. The SMILES string of the molecule is CCC1(C(=O)O)CCCN1C(=O)c1cc(COC)on1. The third-order valence-electron chi connectivity index (χ3n) is 3.78. The molecule has 0 saturated carbocycles. The first kappa shape index (κ1) is 14.5. The van der Waals surface area contributed by atoms with E-state index in [4.69, 9.17) is 9.26 Å². The molecule has 1 aromatic rings. The number of hydrogen-bond acceptors (Lipinski definition) is 5. The molecule has 110 valence electrons. The van der Waals surface area contributed by atoms with E-state index < -0.39 is 17.4 Å². The van der Waals surface area contributed by atoms with E-state index in [-0.39, 0.29) is 12.3 Å². The molecule has 0 aliphatic carbocycles. The Balaban J connectivity index is 2.24. The highest BCUT2D eigenvalue weighted by Gasteiger charge is 2.49. The van der Waals surface area contributed by atoms with E-state index >= 15 is 0 Å². The summed E-state index contributed by atoms with van der Waals surface area (Å²) in [6, 6.07) is 1.49. The monoisotopic (exact) mass is 282 g/mol. The van der Waals surface area contributed by atoms with Gasteiger partial charge in [-0.25, -0.2) is 4.79 Å². The molecule has 1 amide bonds. The lowest BCUT2D eigenvalue weighted by Gasteiger charge is -2.33. The van der Waals surface area contributed by atoms with Crippen molar-refractivity contribution in [1.82, 2.24) is 10.1 Å². The normalized spacial score (nSPS) is 22.2. The third kappa shape index (κ3) is 2.29. The van der Waals surface area contributed by atoms with E-state index in [9.17, 15) is 14.7 Å². The number of carboxylic acid groups (broad SMARTS) is 1. The van der Waals surface area contributed by atoms with Crippen LogP contribution in [0.2, 0.25) is 0 Å². The Morgan fingerprint density at radius 2 is 2.35 bits per heavy atom. The van der Waals surface area contributed by atoms with Crippen molar-refractivity contribution < 1.29 is 24.0 Å². The molecule has 20 heavy (non-hydrogen) atoms. The van der Waals surface area contributed by atoms with Gasteiger partial charge in [0.05, 0.1) is 0 Å². The smallest absolute Gasteiger partial charge is 0.329 e. The summed E-state index contributed by atoms with van der Waals surface area (Å²) < 4.78 is 9.87. The summed E-state index contributed by atoms with van der Waals surface area (Å²) in [5.41, 5.74) is -1.00. The average Bonchev–Trinajstić information content (AvgIpc) is 3.05. The lowest BCUT2D eigenvalue weighted by atomic mass is 9.93. The number of rotatable bonds is 5. The predicted molar refractivity (Wildman–Crippen MR) is 68.1 cm³/mol. The lowest BCUT2D eigenvalue weighted by Crippen LogP contribution is -2.52. The van der Waals surface area contributed by atoms with Gasteiger partial charge in [-0.2, -0.15) is 0 Å². The van der Waals surface area contributed by atoms with Gasteiger partial charge in [-0.1, -0.05) is 12.1 Å². The number of carbonyl (C=O) groups excluding carboxylic acids is 1. The van der Waals surface area contributed by atoms with Crippen molar-refractivity contribution in [3.05, 3.63) is 17.5 Å². The number of nitrogens with zero attached hydrogens (tertiary/aromatic N) is 2. The molecule has 0 bridgehead atoms. The topological polar surface area (TPSA) is 92.9 Å². The molecular weight excluding hydrogens is 264 g/mol. The number of amides is 1. The molecular formula is C13H18N2O5. The zero-order valence-electron chi connectivity index (χ0n) is 11.6. The second-order valence-electron chi connectivity index (χ2n) is 4.86. The van der Waals surface area contributed by atoms with E-state index in [0.717, 1.165) is 0 Å². The van der Waals surface area contributed by atoms with Crippen LogP contribution in [0.4, 0.5) is 0 Å². The minimum Gasteiger partial charge on any atom is -0.479 e. The molecule has 0 spiro atoms. The highest BCUT2D eigenvalue weighted by Crippen LogP contribution is 2.34. The van der Waals surface area contributed by atoms with Crippen LogP contribution in [0, 0.1) is 0 Å². The Labute approximate surface area is 116 Å². The molecule has 1 saturated heterocycles. The van der Waals surface area contributed by atoms with Crippen LogP contribution < -0.4 is 0 Å². The van der Waals surface area contributed by atoms with Gasteiger partial charge in [-0.3, -0.25) is 4.79 Å². The number of aliphatic carboxylic acids is 1. The van der Waals surface area contributed by atoms with Crippen LogP contribution in [0.1, 0.15) is 42.4 Å². The standard InChI is InChI=1S/C13H18N2O5/c1-3-13(12(17)18)5-4-6-15(13)11(16)10-7-9(8-19-2)20-14-10/h7H,3-6,8H2,1-2H3,(H,17,18). The first-order valence-corrected chi connectivity index (χ1v) is 6.55. The van der Waals surface area contributed by atoms with Crippen LogP contribution in [0.5, 0.6) is 0 Å². The average molecular weight is 282 g/mol. The van der Waals surface area contributed by atoms with Gasteiger partial charge in [0.25, 0.3) is 5.91 Å². The number of ether oxygens (including phenoxy) is 1. The van der Waals surface area contributed by atoms with Crippen molar-refractivity contribution >= 4 is 11.9 Å². The van der Waals surface area contributed by atoms with Gasteiger partial charge in [0.15, 0.2) is 11.5 Å². The Hall–Kier alpha value is -1.89. The minimum atomic E-state index is -1.13. The molecule has 7 heteroatoms. The number of carbonyl (C=O) groups is 2. The quantitative estimate of drug-likeness (QED) is 0.874. The molecule has 2 rings (SSSR count). The van der Waals surface area contributed by atoms with Crippen LogP contribution in [0.15, 0.2) is 10.6 Å². The fourth-order valence-corrected chi connectivity index (χ4v) is 2.68. The Morgan fingerprint density at radius 1 is 1.60 bits per heavy atom. The number of hydrogen-bond donors (Lipinski definition) is 1. The summed E-state index contributed by atoms with van der Waals surface area (Å²) in [5.74, 6) is -0.934. The van der Waals surface area contributed by atoms with Gasteiger partial charge in [0.2, 0.25) is 0 Å². The van der Waals surface area contributed by atoms with Gasteiger partial charge in [-0.05, 0) is 19.3 Å². The highest BCUT2D eigenvalue weighted by molar-refractivity contribution is 5.96. The van der Waals surface area contributed by atoms with Gasteiger partial charge >= 0.3 is 5.97 Å². The van der Waals surface area contributed by atoms with Gasteiger partial charge in [0.1, 0.15) is 12.1 Å². The maximum Gasteiger partial charge on any atom is 0.329 e. The molecule has 1 fully saturated rings. The van der Waals surface area contributed by atoms with Crippen LogP contribution in [-0.4, -0.2) is 46.2 Å². The van der Waals surface area contributed by atoms with Crippen molar-refractivity contribution in [3.63, 3.8) is 0 Å². The summed E-state index contributed by atoms with van der Waals surface area (Å²) >= 11 is 0. The Morgan fingerprint density at radius 3 is 2.95 bits per heavy atom. The van der Waals surface area contributed by atoms with Crippen LogP contribution in [0.25, 0.3) is 0 Å². The Kier molecular flexibility index (Phi) is 4.08. The third-order valence-corrected chi connectivity index (χ3v) is 3.78. The number of aromatic nitrogens is 1. The number of likely N-dealkylation sites (tertiary alicyclic amines) is 1. The summed E-state index contributed by atoms with van der Waals surface area (Å²) in [6.45, 7) is 2.42. The van der Waals surface area contributed by atoms with E-state index in [2.05, 4.69) is 5.16 Å². The van der Waals surface area contributed by atoms with Crippen molar-refractivity contribution in [2.45, 2.75) is 38.3 Å². The summed E-state index contributed by atoms with van der Waals surface area (Å²) in [4.78, 5) is 25.4. The number of carboxylic acids is 1. The predicted octanol–water partition coefficient (Wildman–Crippen LogP) is 1.29. The molecule has 1 unspecified atom stereocenters. The molecule has 1 aliphatic heterocycles. The van der Waals surface area contributed by atoms with Crippen molar-refractivity contribution in [3.8, 4) is 0 Å². The van der Waals surface area contributed by atoms with Crippen molar-refractivity contribution in [2.75, 3.05) is 13.7 Å². The molecule has 7 nitrogen and oxygen atoms in total. The first-order valence-electron chi connectivity index (χ1n) is 6.55. The lowest BCUT2D eigenvalue weighted by molar-refractivity contribution is -0.148. The molecule has 2 heterocycles. The maximum absolute atomic E-state index is 12.4. The molecule has 1 atom stereocenters. The molecule has 0 radical (unpaired) electrons. The molecule has 1 aromatic heterocycles. The van der Waals surface area contributed by atoms with E-state index in [1.807, 2.05) is 0 Å². The molecule has 1 N–H and O–H groups in total. The largest absolute Gasteiger partial charge is 0.479 e. The molecule has 1 aliphatic rings. The van der Waals surface area contributed by atoms with Gasteiger partial charge in [0, 0.05) is 19.7 Å². The Bertz CT molecular complexity index is 513. The second kappa shape index (κ2) is 5.62. The van der Waals surface area contributed by atoms with Crippen LogP contribution >= 0.6 is 0 Å². The van der Waals surface area contributed by atoms with E-state index in [0.29, 0.717) is 31.6 Å². The zero-order chi connectivity index (χ0) is 14.8. The second-order valence-corrected chi connectivity index (χ2v) is 4.86. The van der Waals surface area contributed by atoms with Gasteiger partial charge < -0.3 is 19.3 Å². The van der Waals surface area contributed by atoms with Crippen molar-refractivity contribution in [1.29, 1.82) is 0 Å².